The van der Waals surface area contributed by atoms with Gasteiger partial charge in [0, 0.05) is 25.2 Å². The zero-order valence-corrected chi connectivity index (χ0v) is 12.3. The normalized spacial score (nSPS) is 16.2. The Morgan fingerprint density at radius 2 is 2.15 bits per heavy atom. The molecule has 0 saturated heterocycles. The average Bonchev–Trinajstić information content (AvgIpc) is 3.23. The van der Waals surface area contributed by atoms with Crippen LogP contribution in [0, 0.1) is 12.8 Å². The van der Waals surface area contributed by atoms with Crippen molar-refractivity contribution in [3.8, 4) is 0 Å². The Bertz CT molecular complexity index is 458. The first kappa shape index (κ1) is 15.0. The summed E-state index contributed by atoms with van der Waals surface area (Å²) >= 11 is 0. The van der Waals surface area contributed by atoms with E-state index in [-0.39, 0.29) is 12.0 Å². The van der Waals surface area contributed by atoms with Crippen molar-refractivity contribution in [2.24, 2.45) is 5.92 Å². The van der Waals surface area contributed by atoms with Crippen LogP contribution in [0.1, 0.15) is 24.8 Å². The second-order valence-corrected chi connectivity index (χ2v) is 5.78. The molecule has 1 aliphatic carbocycles. The summed E-state index contributed by atoms with van der Waals surface area (Å²) in [7, 11) is 1.95. The number of carbonyl (C=O) groups excluding carboxylic acids is 1. The maximum atomic E-state index is 11.9. The fraction of sp³-hybridized carbons (Fsp3) is 0.562. The number of hydrogen-bond donors (Lipinski definition) is 2. The number of likely N-dealkylation sites (N-methyl/N-ethyl adjacent to an activating group) is 1. The van der Waals surface area contributed by atoms with Gasteiger partial charge in [0.25, 0.3) is 0 Å². The number of nitrogens with zero attached hydrogens (tertiary/aromatic N) is 1. The van der Waals surface area contributed by atoms with Gasteiger partial charge in [0.15, 0.2) is 0 Å². The van der Waals surface area contributed by atoms with Crippen LogP contribution in [0.4, 0.5) is 5.69 Å². The van der Waals surface area contributed by atoms with Crippen molar-refractivity contribution in [2.45, 2.75) is 32.3 Å². The van der Waals surface area contributed by atoms with Gasteiger partial charge in [-0.15, -0.1) is 0 Å². The number of anilines is 1. The van der Waals surface area contributed by atoms with Gasteiger partial charge in [0.2, 0.25) is 5.91 Å². The van der Waals surface area contributed by atoms with Gasteiger partial charge >= 0.3 is 0 Å². The van der Waals surface area contributed by atoms with Gasteiger partial charge in [-0.3, -0.25) is 4.79 Å². The van der Waals surface area contributed by atoms with Crippen molar-refractivity contribution >= 4 is 11.6 Å². The molecule has 1 saturated carbocycles. The molecule has 1 aromatic carbocycles. The topological polar surface area (TPSA) is 52.6 Å². The summed E-state index contributed by atoms with van der Waals surface area (Å²) in [6, 6.07) is 7.76. The van der Waals surface area contributed by atoms with Crippen molar-refractivity contribution in [3.05, 3.63) is 29.8 Å². The van der Waals surface area contributed by atoms with Crippen LogP contribution in [-0.4, -0.2) is 42.2 Å². The number of aliphatic hydroxyl groups is 1. The Morgan fingerprint density at radius 1 is 1.45 bits per heavy atom. The lowest BCUT2D eigenvalue weighted by molar-refractivity contribution is -0.116. The first-order valence-electron chi connectivity index (χ1n) is 7.28. The summed E-state index contributed by atoms with van der Waals surface area (Å²) in [6.45, 7) is 3.30. The SMILES string of the molecule is Cc1ccccc1NC(=O)CCN(C)CC(O)C1CC1. The van der Waals surface area contributed by atoms with Crippen LogP contribution in [-0.2, 0) is 4.79 Å². The minimum absolute atomic E-state index is 0.0204. The predicted octanol–water partition coefficient (Wildman–Crippen LogP) is 2.03. The van der Waals surface area contributed by atoms with E-state index in [0.29, 0.717) is 25.4 Å². The summed E-state index contributed by atoms with van der Waals surface area (Å²) in [5.74, 6) is 0.505. The lowest BCUT2D eigenvalue weighted by Crippen LogP contribution is -2.32. The summed E-state index contributed by atoms with van der Waals surface area (Å²) < 4.78 is 0. The molecule has 1 fully saturated rings. The molecular formula is C16H24N2O2. The molecule has 0 radical (unpaired) electrons. The monoisotopic (exact) mass is 276 g/mol. The van der Waals surface area contributed by atoms with Crippen LogP contribution in [0.15, 0.2) is 24.3 Å². The average molecular weight is 276 g/mol. The van der Waals surface area contributed by atoms with Crippen LogP contribution in [0.2, 0.25) is 0 Å². The van der Waals surface area contributed by atoms with Crippen LogP contribution in [0.5, 0.6) is 0 Å². The second kappa shape index (κ2) is 6.86. The van der Waals surface area contributed by atoms with E-state index in [1.54, 1.807) is 0 Å². The van der Waals surface area contributed by atoms with Gasteiger partial charge < -0.3 is 15.3 Å². The molecule has 1 atom stereocenters. The summed E-state index contributed by atoms with van der Waals surface area (Å²) in [5.41, 5.74) is 1.94. The minimum atomic E-state index is -0.237. The van der Waals surface area contributed by atoms with E-state index in [0.717, 1.165) is 24.1 Å². The Morgan fingerprint density at radius 3 is 2.80 bits per heavy atom. The van der Waals surface area contributed by atoms with E-state index >= 15 is 0 Å². The third-order valence-electron chi connectivity index (χ3n) is 3.80. The molecular weight excluding hydrogens is 252 g/mol. The van der Waals surface area contributed by atoms with Crippen molar-refractivity contribution in [2.75, 3.05) is 25.5 Å². The second-order valence-electron chi connectivity index (χ2n) is 5.78. The van der Waals surface area contributed by atoms with E-state index in [4.69, 9.17) is 0 Å². The number of rotatable bonds is 7. The number of benzene rings is 1. The van der Waals surface area contributed by atoms with Gasteiger partial charge in [-0.25, -0.2) is 0 Å². The van der Waals surface area contributed by atoms with E-state index in [1.165, 1.54) is 0 Å². The Labute approximate surface area is 120 Å². The van der Waals surface area contributed by atoms with Gasteiger partial charge in [-0.2, -0.15) is 0 Å². The number of aryl methyl sites for hydroxylation is 1. The van der Waals surface area contributed by atoms with Crippen LogP contribution < -0.4 is 5.32 Å². The summed E-state index contributed by atoms with van der Waals surface area (Å²) in [6.07, 6.45) is 2.49. The minimum Gasteiger partial charge on any atom is -0.392 e. The highest BCUT2D eigenvalue weighted by atomic mass is 16.3. The third kappa shape index (κ3) is 4.62. The fourth-order valence-electron chi connectivity index (χ4n) is 2.26. The molecule has 110 valence electrons. The fourth-order valence-corrected chi connectivity index (χ4v) is 2.26. The molecule has 1 unspecified atom stereocenters. The standard InChI is InChI=1S/C16H24N2O2/c1-12-5-3-4-6-14(12)17-16(20)9-10-18(2)11-15(19)13-7-8-13/h3-6,13,15,19H,7-11H2,1-2H3,(H,17,20). The van der Waals surface area contributed by atoms with Crippen molar-refractivity contribution < 1.29 is 9.90 Å². The third-order valence-corrected chi connectivity index (χ3v) is 3.80. The molecule has 2 rings (SSSR count). The molecule has 4 heteroatoms. The van der Waals surface area contributed by atoms with Gasteiger partial charge in [-0.05, 0) is 44.4 Å². The smallest absolute Gasteiger partial charge is 0.225 e. The molecule has 20 heavy (non-hydrogen) atoms. The first-order chi connectivity index (χ1) is 9.56. The molecule has 4 nitrogen and oxygen atoms in total. The molecule has 2 N–H and O–H groups in total. The van der Waals surface area contributed by atoms with Crippen LogP contribution >= 0.6 is 0 Å². The van der Waals surface area contributed by atoms with E-state index < -0.39 is 0 Å². The number of para-hydroxylation sites is 1. The molecule has 1 aliphatic rings. The summed E-state index contributed by atoms with van der Waals surface area (Å²) in [4.78, 5) is 13.9. The quantitative estimate of drug-likeness (QED) is 0.801. The number of hydrogen-bond acceptors (Lipinski definition) is 3. The molecule has 1 amide bonds. The zero-order valence-electron chi connectivity index (χ0n) is 12.3. The Hall–Kier alpha value is -1.39. The van der Waals surface area contributed by atoms with Crippen molar-refractivity contribution in [1.29, 1.82) is 0 Å². The van der Waals surface area contributed by atoms with Crippen molar-refractivity contribution in [1.82, 2.24) is 4.90 Å². The van der Waals surface area contributed by atoms with E-state index in [2.05, 4.69) is 5.32 Å². The lowest BCUT2D eigenvalue weighted by Gasteiger charge is -2.20. The molecule has 0 aromatic heterocycles. The molecule has 1 aromatic rings. The van der Waals surface area contributed by atoms with E-state index in [9.17, 15) is 9.90 Å². The summed E-state index contributed by atoms with van der Waals surface area (Å²) in [5, 5.41) is 12.8. The van der Waals surface area contributed by atoms with E-state index in [1.807, 2.05) is 43.1 Å². The van der Waals surface area contributed by atoms with Crippen LogP contribution in [0.25, 0.3) is 0 Å². The molecule has 0 heterocycles. The molecule has 0 aliphatic heterocycles. The number of carbonyl (C=O) groups is 1. The van der Waals surface area contributed by atoms with Gasteiger partial charge in [-0.1, -0.05) is 18.2 Å². The zero-order chi connectivity index (χ0) is 14.5. The maximum Gasteiger partial charge on any atom is 0.225 e. The highest BCUT2D eigenvalue weighted by molar-refractivity contribution is 5.91. The highest BCUT2D eigenvalue weighted by Crippen LogP contribution is 2.32. The molecule has 0 spiro atoms. The van der Waals surface area contributed by atoms with Crippen LogP contribution in [0.3, 0.4) is 0 Å². The highest BCUT2D eigenvalue weighted by Gasteiger charge is 2.30. The molecule has 0 bridgehead atoms. The number of aliphatic hydroxyl groups excluding tert-OH is 1. The first-order valence-corrected chi connectivity index (χ1v) is 7.28. The van der Waals surface area contributed by atoms with Crippen molar-refractivity contribution in [3.63, 3.8) is 0 Å². The maximum absolute atomic E-state index is 11.9. The Kier molecular flexibility index (Phi) is 5.15. The van der Waals surface area contributed by atoms with Gasteiger partial charge in [0.05, 0.1) is 6.10 Å². The Balaban J connectivity index is 1.70. The lowest BCUT2D eigenvalue weighted by atomic mass is 10.2. The predicted molar refractivity (Wildman–Crippen MR) is 80.7 cm³/mol. The number of nitrogens with one attached hydrogen (secondary N) is 1. The number of amides is 1. The largest absolute Gasteiger partial charge is 0.392 e. The van der Waals surface area contributed by atoms with Gasteiger partial charge in [0.1, 0.15) is 0 Å².